The van der Waals surface area contributed by atoms with Gasteiger partial charge in [-0.25, -0.2) is 0 Å². The molecule has 0 bridgehead atoms. The van der Waals surface area contributed by atoms with E-state index in [0.717, 1.165) is 51.6 Å². The number of ether oxygens (including phenoxy) is 1. The van der Waals surface area contributed by atoms with Crippen LogP contribution in [-0.4, -0.2) is 63.6 Å². The molecular weight excluding hydrogens is 435 g/mol. The van der Waals surface area contributed by atoms with E-state index in [1.165, 1.54) is 6.07 Å². The highest BCUT2D eigenvalue weighted by Crippen LogP contribution is 2.38. The monoisotopic (exact) mass is 459 g/mol. The molecule has 0 spiro atoms. The number of phenols is 1. The minimum atomic E-state index is -4.54. The van der Waals surface area contributed by atoms with Crippen LogP contribution in [0.25, 0.3) is 22.0 Å². The number of likely N-dealkylation sites (tertiary alicyclic amines) is 1. The van der Waals surface area contributed by atoms with E-state index in [1.54, 1.807) is 18.5 Å². The number of nitrogens with one attached hydrogen (secondary N) is 1. The standard InChI is InChI=1S/C23H24F3N5O2/c24-23(25,26)14-3-4-18(20(32)10-14)21-17-5-7-27-11-19(17)22(30-29-21)28-15-2-1-8-31(12-15)16-6-9-33-13-16/h3-5,7,10-11,15-16,32H,1-2,6,8-9,12-13H2,(H,28,30)/t15-,16?/m1/s1. The van der Waals surface area contributed by atoms with Gasteiger partial charge in [0.15, 0.2) is 5.82 Å². The number of alkyl halides is 3. The van der Waals surface area contributed by atoms with Crippen molar-refractivity contribution in [2.24, 2.45) is 0 Å². The average Bonchev–Trinajstić information content (AvgIpc) is 3.34. The van der Waals surface area contributed by atoms with Crippen molar-refractivity contribution >= 4 is 16.6 Å². The molecule has 0 aliphatic carbocycles. The van der Waals surface area contributed by atoms with Crippen LogP contribution in [0, 0.1) is 0 Å². The van der Waals surface area contributed by atoms with Crippen LogP contribution in [0.1, 0.15) is 24.8 Å². The molecule has 2 N–H and O–H groups in total. The molecule has 1 aromatic carbocycles. The molecule has 2 saturated heterocycles. The first-order valence-corrected chi connectivity index (χ1v) is 11.0. The van der Waals surface area contributed by atoms with Gasteiger partial charge in [0.1, 0.15) is 11.4 Å². The molecule has 2 aromatic heterocycles. The lowest BCUT2D eigenvalue weighted by Gasteiger charge is -2.36. The molecule has 7 nitrogen and oxygen atoms in total. The van der Waals surface area contributed by atoms with Crippen LogP contribution in [-0.2, 0) is 10.9 Å². The fourth-order valence-corrected chi connectivity index (χ4v) is 4.67. The quantitative estimate of drug-likeness (QED) is 0.608. The molecular formula is C23H24F3N5O2. The van der Waals surface area contributed by atoms with E-state index in [9.17, 15) is 18.3 Å². The van der Waals surface area contributed by atoms with Gasteiger partial charge >= 0.3 is 6.18 Å². The van der Waals surface area contributed by atoms with Crippen molar-refractivity contribution in [1.82, 2.24) is 20.1 Å². The number of pyridine rings is 1. The zero-order valence-electron chi connectivity index (χ0n) is 17.8. The number of aromatic hydroxyl groups is 1. The van der Waals surface area contributed by atoms with Crippen LogP contribution in [0.5, 0.6) is 5.75 Å². The second-order valence-electron chi connectivity index (χ2n) is 8.54. The molecule has 2 aliphatic heterocycles. The highest BCUT2D eigenvalue weighted by atomic mass is 19.4. The highest BCUT2D eigenvalue weighted by Gasteiger charge is 2.32. The zero-order valence-corrected chi connectivity index (χ0v) is 17.8. The number of nitrogens with zero attached hydrogens (tertiary/aromatic N) is 4. The summed E-state index contributed by atoms with van der Waals surface area (Å²) >= 11 is 0. The maximum absolute atomic E-state index is 13.0. The SMILES string of the molecule is Oc1cc(C(F)(F)F)ccc1-c1nnc(N[C@@H]2CCCN(C3CCOC3)C2)c2cnccc12. The Hall–Kier alpha value is -2.98. The summed E-state index contributed by atoms with van der Waals surface area (Å²) in [5, 5.41) is 23.8. The van der Waals surface area contributed by atoms with Crippen LogP contribution >= 0.6 is 0 Å². The molecule has 2 aliphatic rings. The maximum atomic E-state index is 13.0. The molecule has 174 valence electrons. The predicted octanol–water partition coefficient (Wildman–Crippen LogP) is 4.08. The lowest BCUT2D eigenvalue weighted by atomic mass is 10.0. The van der Waals surface area contributed by atoms with E-state index in [2.05, 4.69) is 25.4 Å². The number of halogens is 3. The fraction of sp³-hybridized carbons (Fsp3) is 0.435. The van der Waals surface area contributed by atoms with Gasteiger partial charge < -0.3 is 15.2 Å². The molecule has 2 atom stereocenters. The Bertz CT molecular complexity index is 1150. The maximum Gasteiger partial charge on any atom is 0.416 e. The van der Waals surface area contributed by atoms with E-state index >= 15 is 0 Å². The summed E-state index contributed by atoms with van der Waals surface area (Å²) in [5.74, 6) is 0.0717. The topological polar surface area (TPSA) is 83.4 Å². The first-order chi connectivity index (χ1) is 15.9. The Morgan fingerprint density at radius 2 is 2.00 bits per heavy atom. The van der Waals surface area contributed by atoms with Gasteiger partial charge in [-0.1, -0.05) is 0 Å². The van der Waals surface area contributed by atoms with Gasteiger partial charge in [-0.15, -0.1) is 10.2 Å². The van der Waals surface area contributed by atoms with E-state index in [-0.39, 0.29) is 11.6 Å². The lowest BCUT2D eigenvalue weighted by molar-refractivity contribution is -0.137. The van der Waals surface area contributed by atoms with E-state index in [4.69, 9.17) is 4.74 Å². The van der Waals surface area contributed by atoms with Gasteiger partial charge in [0, 0.05) is 54.0 Å². The average molecular weight is 459 g/mol. The minimum Gasteiger partial charge on any atom is -0.507 e. The predicted molar refractivity (Wildman–Crippen MR) is 117 cm³/mol. The summed E-state index contributed by atoms with van der Waals surface area (Å²) in [6, 6.07) is 5.22. The van der Waals surface area contributed by atoms with Crippen molar-refractivity contribution in [3.05, 3.63) is 42.2 Å². The number of anilines is 1. The molecule has 2 fully saturated rings. The molecule has 0 saturated carbocycles. The molecule has 3 aromatic rings. The molecule has 33 heavy (non-hydrogen) atoms. The van der Waals surface area contributed by atoms with Crippen LogP contribution in [0.2, 0.25) is 0 Å². The van der Waals surface area contributed by atoms with Gasteiger partial charge in [-0.2, -0.15) is 13.2 Å². The van der Waals surface area contributed by atoms with Crippen LogP contribution in [0.4, 0.5) is 19.0 Å². The molecule has 0 radical (unpaired) electrons. The van der Waals surface area contributed by atoms with Crippen LogP contribution in [0.3, 0.4) is 0 Å². The Kier molecular flexibility index (Phi) is 5.79. The van der Waals surface area contributed by atoms with Crippen molar-refractivity contribution < 1.29 is 23.0 Å². The minimum absolute atomic E-state index is 0.183. The molecule has 1 unspecified atom stereocenters. The van der Waals surface area contributed by atoms with Crippen molar-refractivity contribution in [1.29, 1.82) is 0 Å². The van der Waals surface area contributed by atoms with Gasteiger partial charge in [0.25, 0.3) is 0 Å². The van der Waals surface area contributed by atoms with E-state index < -0.39 is 17.5 Å². The number of benzene rings is 1. The Labute approximate surface area is 188 Å². The second-order valence-corrected chi connectivity index (χ2v) is 8.54. The summed E-state index contributed by atoms with van der Waals surface area (Å²) in [5.41, 5.74) is -0.434. The number of hydrogen-bond acceptors (Lipinski definition) is 7. The Balaban J connectivity index is 1.44. The third-order valence-electron chi connectivity index (χ3n) is 6.38. The van der Waals surface area contributed by atoms with E-state index in [0.29, 0.717) is 34.4 Å². The zero-order chi connectivity index (χ0) is 23.0. The fourth-order valence-electron chi connectivity index (χ4n) is 4.67. The Morgan fingerprint density at radius 3 is 2.76 bits per heavy atom. The van der Waals surface area contributed by atoms with Crippen molar-refractivity contribution in [2.75, 3.05) is 31.6 Å². The third-order valence-corrected chi connectivity index (χ3v) is 6.38. The smallest absolute Gasteiger partial charge is 0.416 e. The first kappa shape index (κ1) is 21.8. The number of aromatic nitrogens is 3. The van der Waals surface area contributed by atoms with Gasteiger partial charge in [-0.3, -0.25) is 9.88 Å². The largest absolute Gasteiger partial charge is 0.507 e. The summed E-state index contributed by atoms with van der Waals surface area (Å²) < 4.78 is 44.5. The van der Waals surface area contributed by atoms with Gasteiger partial charge in [-0.05, 0) is 50.1 Å². The number of phenolic OH excluding ortho intramolecular Hbond substituents is 1. The number of fused-ring (bicyclic) bond motifs is 1. The van der Waals surface area contributed by atoms with Crippen molar-refractivity contribution in [2.45, 2.75) is 37.5 Å². The third kappa shape index (κ3) is 4.45. The molecule has 0 amide bonds. The van der Waals surface area contributed by atoms with Crippen molar-refractivity contribution in [3.8, 4) is 17.0 Å². The normalized spacial score (nSPS) is 22.0. The number of piperidine rings is 1. The molecule has 10 heteroatoms. The molecule has 5 rings (SSSR count). The van der Waals surface area contributed by atoms with Crippen molar-refractivity contribution in [3.63, 3.8) is 0 Å². The van der Waals surface area contributed by atoms with Gasteiger partial charge in [0.05, 0.1) is 12.2 Å². The van der Waals surface area contributed by atoms with E-state index in [1.807, 2.05) is 0 Å². The summed E-state index contributed by atoms with van der Waals surface area (Å²) in [4.78, 5) is 6.66. The Morgan fingerprint density at radius 1 is 1.12 bits per heavy atom. The highest BCUT2D eigenvalue weighted by molar-refractivity contribution is 6.00. The summed E-state index contributed by atoms with van der Waals surface area (Å²) in [7, 11) is 0. The van der Waals surface area contributed by atoms with Crippen LogP contribution < -0.4 is 5.32 Å². The van der Waals surface area contributed by atoms with Gasteiger partial charge in [0.2, 0.25) is 0 Å². The molecule has 4 heterocycles. The lowest BCUT2D eigenvalue weighted by Crippen LogP contribution is -2.47. The van der Waals surface area contributed by atoms with Crippen LogP contribution in [0.15, 0.2) is 36.7 Å². The number of hydrogen-bond donors (Lipinski definition) is 2. The second kappa shape index (κ2) is 8.75. The summed E-state index contributed by atoms with van der Waals surface area (Å²) in [6.45, 7) is 3.50. The first-order valence-electron chi connectivity index (χ1n) is 11.0. The summed E-state index contributed by atoms with van der Waals surface area (Å²) in [6.07, 6.45) is 1.80. The number of rotatable bonds is 4.